The summed E-state index contributed by atoms with van der Waals surface area (Å²) in [6.45, 7) is 11.8. The molecule has 3 aliphatic rings. The van der Waals surface area contributed by atoms with Gasteiger partial charge in [0, 0.05) is 17.9 Å². The maximum absolute atomic E-state index is 14.5. The zero-order valence-corrected chi connectivity index (χ0v) is 23.6. The monoisotopic (exact) mass is 588 g/mol. The molecule has 3 unspecified atom stereocenters. The number of fused-ring (bicyclic) bond motifs is 1. The molecule has 1 aromatic rings. The first-order valence-corrected chi connectivity index (χ1v) is 14.1. The van der Waals surface area contributed by atoms with Crippen molar-refractivity contribution in [3.8, 4) is 0 Å². The molecule has 206 valence electrons. The number of esters is 1. The zero-order chi connectivity index (χ0) is 27.6. The van der Waals surface area contributed by atoms with Crippen molar-refractivity contribution in [3.05, 3.63) is 61.2 Å². The van der Waals surface area contributed by atoms with Crippen molar-refractivity contribution in [2.75, 3.05) is 19.8 Å². The maximum atomic E-state index is 14.5. The van der Waals surface area contributed by atoms with E-state index in [0.717, 1.165) is 5.56 Å². The average molecular weight is 590 g/mol. The number of carbonyl (C=O) groups excluding carboxylic acids is 3. The van der Waals surface area contributed by atoms with Gasteiger partial charge in [0.25, 0.3) is 0 Å². The van der Waals surface area contributed by atoms with Crippen molar-refractivity contribution in [1.29, 1.82) is 0 Å². The number of alkyl halides is 1. The highest BCUT2D eigenvalue weighted by molar-refractivity contribution is 9.09. The van der Waals surface area contributed by atoms with Gasteiger partial charge in [0.1, 0.15) is 18.2 Å². The highest BCUT2D eigenvalue weighted by atomic mass is 79.9. The Bertz CT molecular complexity index is 1060. The Morgan fingerprint density at radius 2 is 2.00 bits per heavy atom. The van der Waals surface area contributed by atoms with E-state index in [9.17, 15) is 19.5 Å². The number of hydrogen-bond donors (Lipinski definition) is 1. The molecule has 0 aliphatic carbocycles. The van der Waals surface area contributed by atoms with E-state index in [-0.39, 0.29) is 42.3 Å². The van der Waals surface area contributed by atoms with Crippen molar-refractivity contribution in [1.82, 2.24) is 9.80 Å². The largest absolute Gasteiger partial charge is 0.461 e. The topological polar surface area (TPSA) is 96.4 Å². The summed E-state index contributed by atoms with van der Waals surface area (Å²) in [6, 6.07) is 8.01. The van der Waals surface area contributed by atoms with Crippen molar-refractivity contribution in [2.24, 2.45) is 17.8 Å². The summed E-state index contributed by atoms with van der Waals surface area (Å²) in [5.41, 5.74) is -0.278. The average Bonchev–Trinajstić information content (AvgIpc) is 3.49. The highest BCUT2D eigenvalue weighted by Crippen LogP contribution is 2.60. The minimum Gasteiger partial charge on any atom is -0.461 e. The number of ether oxygens (including phenoxy) is 2. The SMILES string of the molecule is C=CCOC(=O)[C@H]1[C@@H]2OC3(CC2Br)C(C(=O)N(CC=C)Cc2ccccc2)N([C@@H](CO)CC(C)C)C(=O)[C@H]13. The molecule has 3 fully saturated rings. The second-order valence-electron chi connectivity index (χ2n) is 10.8. The molecule has 1 aromatic carbocycles. The quantitative estimate of drug-likeness (QED) is 0.229. The molecule has 2 amide bonds. The summed E-state index contributed by atoms with van der Waals surface area (Å²) in [5.74, 6) is -2.74. The Hall–Kier alpha value is -2.49. The number of aliphatic hydroxyl groups excluding tert-OH is 1. The number of halogens is 1. The molecular formula is C29H37BrN2O6. The van der Waals surface area contributed by atoms with Gasteiger partial charge < -0.3 is 24.4 Å². The number of hydrogen-bond acceptors (Lipinski definition) is 6. The first-order valence-electron chi connectivity index (χ1n) is 13.2. The highest BCUT2D eigenvalue weighted by Gasteiger charge is 2.77. The molecule has 0 aromatic heterocycles. The Kier molecular flexibility index (Phi) is 8.79. The van der Waals surface area contributed by atoms with Crippen LogP contribution in [0.2, 0.25) is 0 Å². The second-order valence-corrected chi connectivity index (χ2v) is 12.0. The summed E-state index contributed by atoms with van der Waals surface area (Å²) >= 11 is 3.66. The van der Waals surface area contributed by atoms with Gasteiger partial charge in [-0.2, -0.15) is 0 Å². The molecular weight excluding hydrogens is 552 g/mol. The van der Waals surface area contributed by atoms with Gasteiger partial charge in [-0.05, 0) is 24.3 Å². The van der Waals surface area contributed by atoms with Gasteiger partial charge in [0.05, 0.1) is 30.6 Å². The van der Waals surface area contributed by atoms with Crippen LogP contribution >= 0.6 is 15.9 Å². The van der Waals surface area contributed by atoms with Crippen LogP contribution in [0.5, 0.6) is 0 Å². The summed E-state index contributed by atoms with van der Waals surface area (Å²) in [6.07, 6.45) is 3.42. The molecule has 7 atom stereocenters. The normalized spacial score (nSPS) is 30.3. The van der Waals surface area contributed by atoms with E-state index in [1.165, 1.54) is 11.0 Å². The van der Waals surface area contributed by atoms with Crippen molar-refractivity contribution in [2.45, 2.75) is 61.8 Å². The molecule has 0 saturated carbocycles. The second kappa shape index (κ2) is 11.7. The van der Waals surface area contributed by atoms with Crippen LogP contribution in [0.1, 0.15) is 32.3 Å². The number of benzene rings is 1. The molecule has 38 heavy (non-hydrogen) atoms. The number of carbonyl (C=O) groups is 3. The maximum Gasteiger partial charge on any atom is 0.312 e. The predicted molar refractivity (Wildman–Crippen MR) is 146 cm³/mol. The summed E-state index contributed by atoms with van der Waals surface area (Å²) in [5, 5.41) is 10.4. The third kappa shape index (κ3) is 4.96. The molecule has 1 spiro atoms. The van der Waals surface area contributed by atoms with Crippen LogP contribution < -0.4 is 0 Å². The van der Waals surface area contributed by atoms with Crippen molar-refractivity contribution in [3.63, 3.8) is 0 Å². The van der Waals surface area contributed by atoms with Crippen LogP contribution in [-0.4, -0.2) is 81.1 Å². The van der Waals surface area contributed by atoms with Gasteiger partial charge in [-0.1, -0.05) is 78.8 Å². The first kappa shape index (κ1) is 28.5. The van der Waals surface area contributed by atoms with E-state index in [2.05, 4.69) is 29.1 Å². The molecule has 1 N–H and O–H groups in total. The smallest absolute Gasteiger partial charge is 0.312 e. The molecule has 4 rings (SSSR count). The summed E-state index contributed by atoms with van der Waals surface area (Å²) in [7, 11) is 0. The van der Waals surface area contributed by atoms with E-state index in [1.807, 2.05) is 44.2 Å². The Morgan fingerprint density at radius 3 is 2.61 bits per heavy atom. The lowest BCUT2D eigenvalue weighted by Gasteiger charge is -2.39. The molecule has 9 heteroatoms. The summed E-state index contributed by atoms with van der Waals surface area (Å²) < 4.78 is 11.9. The van der Waals surface area contributed by atoms with E-state index < -0.39 is 41.6 Å². The van der Waals surface area contributed by atoms with Gasteiger partial charge in [0.15, 0.2) is 0 Å². The molecule has 3 aliphatic heterocycles. The lowest BCUT2D eigenvalue weighted by molar-refractivity contribution is -0.156. The van der Waals surface area contributed by atoms with Crippen molar-refractivity contribution >= 4 is 33.7 Å². The Balaban J connectivity index is 1.79. The number of aliphatic hydroxyl groups is 1. The van der Waals surface area contributed by atoms with E-state index >= 15 is 0 Å². The van der Waals surface area contributed by atoms with Gasteiger partial charge in [-0.15, -0.1) is 6.58 Å². The third-order valence-electron chi connectivity index (χ3n) is 7.80. The van der Waals surface area contributed by atoms with Crippen molar-refractivity contribution < 1.29 is 29.0 Å². The standard InChI is InChI=1S/C29H37BrN2O6/c1-5-12-31(16-19-10-8-7-9-11-19)27(35)25-29-15-21(30)24(38-29)22(28(36)37-13-6-2)23(29)26(34)32(25)20(17-33)14-18(3)4/h5-11,18,20-25,33H,1-2,12-17H2,3-4H3/t20-,21?,22-,23+,24-,25?,29?/m1/s1. The van der Waals surface area contributed by atoms with Crippen LogP contribution in [0.15, 0.2) is 55.6 Å². The van der Waals surface area contributed by atoms with Gasteiger partial charge in [0.2, 0.25) is 11.8 Å². The fraction of sp³-hybridized carbons (Fsp3) is 0.552. The molecule has 3 heterocycles. The van der Waals surface area contributed by atoms with Gasteiger partial charge >= 0.3 is 5.97 Å². The zero-order valence-electron chi connectivity index (χ0n) is 22.0. The minimum atomic E-state index is -1.22. The van der Waals surface area contributed by atoms with E-state index in [1.54, 1.807) is 11.0 Å². The van der Waals surface area contributed by atoms with Crippen LogP contribution in [-0.2, 0) is 30.4 Å². The lowest BCUT2D eigenvalue weighted by Crippen LogP contribution is -2.59. The number of rotatable bonds is 12. The third-order valence-corrected chi connectivity index (χ3v) is 8.65. The van der Waals surface area contributed by atoms with Crippen LogP contribution in [0.3, 0.4) is 0 Å². The molecule has 8 nitrogen and oxygen atoms in total. The summed E-state index contributed by atoms with van der Waals surface area (Å²) in [4.78, 5) is 44.8. The van der Waals surface area contributed by atoms with Crippen LogP contribution in [0.4, 0.5) is 0 Å². The lowest BCUT2D eigenvalue weighted by atomic mass is 9.70. The van der Waals surface area contributed by atoms with Crippen LogP contribution in [0.25, 0.3) is 0 Å². The Morgan fingerprint density at radius 1 is 1.29 bits per heavy atom. The minimum absolute atomic E-state index is 0.0196. The van der Waals surface area contributed by atoms with Gasteiger partial charge in [-0.3, -0.25) is 14.4 Å². The number of likely N-dealkylation sites (tertiary alicyclic amines) is 1. The molecule has 0 radical (unpaired) electrons. The van der Waals surface area contributed by atoms with E-state index in [0.29, 0.717) is 19.4 Å². The Labute approximate surface area is 232 Å². The van der Waals surface area contributed by atoms with E-state index in [4.69, 9.17) is 9.47 Å². The molecule has 2 bridgehead atoms. The number of amides is 2. The molecule has 3 saturated heterocycles. The fourth-order valence-corrected chi connectivity index (χ4v) is 7.37. The fourth-order valence-electron chi connectivity index (χ4n) is 6.43. The van der Waals surface area contributed by atoms with Gasteiger partial charge in [-0.25, -0.2) is 0 Å². The number of nitrogens with zero attached hydrogens (tertiary/aromatic N) is 2. The predicted octanol–water partition coefficient (Wildman–Crippen LogP) is 3.09. The first-order chi connectivity index (χ1) is 18.2. The van der Waals surface area contributed by atoms with Crippen LogP contribution in [0, 0.1) is 17.8 Å².